The first kappa shape index (κ1) is 15.5. The monoisotopic (exact) mass is 306 g/mol. The number of piperidine rings is 1. The van der Waals surface area contributed by atoms with Gasteiger partial charge in [0.2, 0.25) is 5.91 Å². The Kier molecular flexibility index (Phi) is 5.78. The minimum absolute atomic E-state index is 0.0175. The molecule has 1 saturated heterocycles. The molecule has 0 atom stereocenters. The van der Waals surface area contributed by atoms with Gasteiger partial charge in [-0.15, -0.1) is 11.3 Å². The van der Waals surface area contributed by atoms with E-state index >= 15 is 0 Å². The summed E-state index contributed by atoms with van der Waals surface area (Å²) in [5.41, 5.74) is 0.581. The van der Waals surface area contributed by atoms with E-state index in [2.05, 4.69) is 17.2 Å². The van der Waals surface area contributed by atoms with Crippen LogP contribution in [0.3, 0.4) is 0 Å². The third-order valence-electron chi connectivity index (χ3n) is 3.28. The summed E-state index contributed by atoms with van der Waals surface area (Å²) in [6.45, 7) is 1.33. The van der Waals surface area contributed by atoms with Gasteiger partial charge in [0.25, 0.3) is 5.91 Å². The van der Waals surface area contributed by atoms with E-state index in [0.717, 1.165) is 32.4 Å². The summed E-state index contributed by atoms with van der Waals surface area (Å²) in [7, 11) is 0. The Hall–Kier alpha value is -1.84. The van der Waals surface area contributed by atoms with Crippen molar-refractivity contribution in [1.29, 1.82) is 0 Å². The lowest BCUT2D eigenvalue weighted by Gasteiger charge is -2.26. The van der Waals surface area contributed by atoms with Gasteiger partial charge in [-0.2, -0.15) is 0 Å². The predicted octanol–water partition coefficient (Wildman–Crippen LogP) is 0.834. The van der Waals surface area contributed by atoms with Crippen LogP contribution in [0.2, 0.25) is 0 Å². The molecule has 0 saturated carbocycles. The lowest BCUT2D eigenvalue weighted by molar-refractivity contribution is -0.130. The molecular weight excluding hydrogens is 288 g/mol. The van der Waals surface area contributed by atoms with Crippen LogP contribution in [0.25, 0.3) is 0 Å². The van der Waals surface area contributed by atoms with E-state index in [1.165, 1.54) is 11.3 Å². The lowest BCUT2D eigenvalue weighted by atomic mass is 10.1. The Bertz CT molecular complexity index is 565. The minimum Gasteiger partial charge on any atom is -0.384 e. The van der Waals surface area contributed by atoms with Crippen molar-refractivity contribution in [3.05, 3.63) is 21.9 Å². The van der Waals surface area contributed by atoms with Crippen LogP contribution in [0, 0.1) is 11.8 Å². The third-order valence-corrected chi connectivity index (χ3v) is 4.20. The molecule has 0 unspecified atom stereocenters. The van der Waals surface area contributed by atoms with Crippen LogP contribution in [-0.4, -0.2) is 48.1 Å². The molecular formula is C15H18N2O3S. The number of rotatable bonds is 3. The molecule has 112 valence electrons. The highest BCUT2D eigenvalue weighted by Gasteiger charge is 2.18. The highest BCUT2D eigenvalue weighted by molar-refractivity contribution is 7.12. The van der Waals surface area contributed by atoms with Gasteiger partial charge in [-0.25, -0.2) is 0 Å². The second kappa shape index (κ2) is 7.81. The van der Waals surface area contributed by atoms with E-state index in [4.69, 9.17) is 5.11 Å². The molecule has 1 fully saturated rings. The number of nitrogens with zero attached hydrogens (tertiary/aromatic N) is 1. The Balaban J connectivity index is 1.89. The molecule has 0 aromatic carbocycles. The van der Waals surface area contributed by atoms with E-state index < -0.39 is 0 Å². The summed E-state index contributed by atoms with van der Waals surface area (Å²) in [6, 6.07) is 1.73. The fraction of sp³-hybridized carbons (Fsp3) is 0.467. The zero-order valence-electron chi connectivity index (χ0n) is 11.7. The number of likely N-dealkylation sites (tertiary alicyclic amines) is 1. The van der Waals surface area contributed by atoms with Crippen LogP contribution in [0.4, 0.5) is 0 Å². The molecule has 2 heterocycles. The third kappa shape index (κ3) is 4.31. The number of aliphatic hydroxyl groups excluding tert-OH is 1. The van der Waals surface area contributed by atoms with E-state index in [-0.39, 0.29) is 25.0 Å². The quantitative estimate of drug-likeness (QED) is 0.813. The zero-order chi connectivity index (χ0) is 15.1. The normalized spacial score (nSPS) is 14.2. The second-order valence-electron chi connectivity index (χ2n) is 4.75. The average Bonchev–Trinajstić information content (AvgIpc) is 2.99. The number of carbonyl (C=O) groups excluding carboxylic acids is 2. The Labute approximate surface area is 128 Å². The van der Waals surface area contributed by atoms with Crippen molar-refractivity contribution in [3.63, 3.8) is 0 Å². The SMILES string of the molecule is O=C(NCC(=O)N1CCCCC1)c1sccc1C#CCO. The molecule has 6 heteroatoms. The van der Waals surface area contributed by atoms with Gasteiger partial charge in [-0.1, -0.05) is 11.8 Å². The molecule has 2 N–H and O–H groups in total. The van der Waals surface area contributed by atoms with Crippen LogP contribution in [0.1, 0.15) is 34.5 Å². The van der Waals surface area contributed by atoms with Crippen molar-refractivity contribution in [3.8, 4) is 11.8 Å². The fourth-order valence-corrected chi connectivity index (χ4v) is 2.98. The summed E-state index contributed by atoms with van der Waals surface area (Å²) in [5, 5.41) is 13.1. The number of thiophene rings is 1. The molecule has 0 bridgehead atoms. The second-order valence-corrected chi connectivity index (χ2v) is 5.66. The molecule has 2 rings (SSSR count). The number of aliphatic hydroxyl groups is 1. The van der Waals surface area contributed by atoms with Crippen molar-refractivity contribution in [2.45, 2.75) is 19.3 Å². The number of hydrogen-bond donors (Lipinski definition) is 2. The Morgan fingerprint density at radius 2 is 2.10 bits per heavy atom. The molecule has 1 aliphatic heterocycles. The molecule has 1 aliphatic rings. The maximum absolute atomic E-state index is 12.1. The number of nitrogens with one attached hydrogen (secondary N) is 1. The molecule has 0 aliphatic carbocycles. The van der Waals surface area contributed by atoms with Gasteiger partial charge >= 0.3 is 0 Å². The van der Waals surface area contributed by atoms with Crippen LogP contribution >= 0.6 is 11.3 Å². The van der Waals surface area contributed by atoms with Gasteiger partial charge < -0.3 is 15.3 Å². The van der Waals surface area contributed by atoms with Gasteiger partial charge in [0.1, 0.15) is 11.5 Å². The largest absolute Gasteiger partial charge is 0.384 e. The van der Waals surface area contributed by atoms with Crippen molar-refractivity contribution in [2.24, 2.45) is 0 Å². The van der Waals surface area contributed by atoms with Gasteiger partial charge in [-0.3, -0.25) is 9.59 Å². The number of hydrogen-bond acceptors (Lipinski definition) is 4. The van der Waals surface area contributed by atoms with Gasteiger partial charge in [0.05, 0.1) is 6.54 Å². The van der Waals surface area contributed by atoms with Crippen molar-refractivity contribution < 1.29 is 14.7 Å². The first-order valence-corrected chi connectivity index (χ1v) is 7.83. The van der Waals surface area contributed by atoms with Crippen LogP contribution in [0.15, 0.2) is 11.4 Å². The average molecular weight is 306 g/mol. The van der Waals surface area contributed by atoms with Crippen molar-refractivity contribution >= 4 is 23.2 Å². The fourth-order valence-electron chi connectivity index (χ4n) is 2.21. The number of carbonyl (C=O) groups is 2. The summed E-state index contributed by atoms with van der Waals surface area (Å²) in [4.78, 5) is 26.3. The standard InChI is InChI=1S/C15H18N2O3S/c18-9-4-5-12-6-10-21-14(12)15(20)16-11-13(19)17-7-2-1-3-8-17/h6,10,18H,1-3,7-9,11H2,(H,16,20). The van der Waals surface area contributed by atoms with E-state index in [9.17, 15) is 9.59 Å². The molecule has 0 spiro atoms. The summed E-state index contributed by atoms with van der Waals surface area (Å²) in [5.74, 6) is 4.92. The molecule has 0 radical (unpaired) electrons. The zero-order valence-corrected chi connectivity index (χ0v) is 12.5. The first-order chi connectivity index (χ1) is 10.2. The van der Waals surface area contributed by atoms with Gasteiger partial charge in [-0.05, 0) is 30.7 Å². The maximum Gasteiger partial charge on any atom is 0.263 e. The minimum atomic E-state index is -0.294. The molecule has 1 aromatic heterocycles. The molecule has 1 aromatic rings. The highest BCUT2D eigenvalue weighted by atomic mass is 32.1. The lowest BCUT2D eigenvalue weighted by Crippen LogP contribution is -2.42. The van der Waals surface area contributed by atoms with Crippen LogP contribution in [0.5, 0.6) is 0 Å². The number of amides is 2. The molecule has 2 amide bonds. The summed E-state index contributed by atoms with van der Waals surface area (Å²) >= 11 is 1.27. The van der Waals surface area contributed by atoms with Gasteiger partial charge in [0, 0.05) is 18.7 Å². The maximum atomic E-state index is 12.1. The van der Waals surface area contributed by atoms with E-state index in [1.54, 1.807) is 16.3 Å². The van der Waals surface area contributed by atoms with E-state index in [1.807, 2.05) is 0 Å². The van der Waals surface area contributed by atoms with E-state index in [0.29, 0.717) is 10.4 Å². The summed E-state index contributed by atoms with van der Waals surface area (Å²) < 4.78 is 0. The van der Waals surface area contributed by atoms with Crippen molar-refractivity contribution in [2.75, 3.05) is 26.2 Å². The topological polar surface area (TPSA) is 69.6 Å². The Morgan fingerprint density at radius 3 is 2.81 bits per heavy atom. The van der Waals surface area contributed by atoms with Crippen LogP contribution in [-0.2, 0) is 4.79 Å². The first-order valence-electron chi connectivity index (χ1n) is 6.95. The highest BCUT2D eigenvalue weighted by Crippen LogP contribution is 2.15. The molecule has 21 heavy (non-hydrogen) atoms. The van der Waals surface area contributed by atoms with Crippen LogP contribution < -0.4 is 5.32 Å². The predicted molar refractivity (Wildman–Crippen MR) is 81.0 cm³/mol. The smallest absolute Gasteiger partial charge is 0.263 e. The Morgan fingerprint density at radius 1 is 1.33 bits per heavy atom. The van der Waals surface area contributed by atoms with Gasteiger partial charge in [0.15, 0.2) is 0 Å². The van der Waals surface area contributed by atoms with Crippen molar-refractivity contribution in [1.82, 2.24) is 10.2 Å². The molecule has 5 nitrogen and oxygen atoms in total. The summed E-state index contributed by atoms with van der Waals surface area (Å²) in [6.07, 6.45) is 3.23.